The first-order valence-corrected chi connectivity index (χ1v) is 6.82. The van der Waals surface area contributed by atoms with E-state index in [2.05, 4.69) is 15.7 Å². The molecule has 0 radical (unpaired) electrons. The van der Waals surface area contributed by atoms with Gasteiger partial charge in [-0.25, -0.2) is 4.68 Å². The summed E-state index contributed by atoms with van der Waals surface area (Å²) in [5.74, 6) is 0. The van der Waals surface area contributed by atoms with E-state index in [4.69, 9.17) is 16.3 Å². The van der Waals surface area contributed by atoms with Crippen LogP contribution in [0.15, 0.2) is 11.0 Å². The summed E-state index contributed by atoms with van der Waals surface area (Å²) in [7, 11) is 1.58. The Bertz CT molecular complexity index is 471. The predicted molar refractivity (Wildman–Crippen MR) is 74.9 cm³/mol. The molecule has 1 fully saturated rings. The molecule has 1 saturated heterocycles. The van der Waals surface area contributed by atoms with Crippen molar-refractivity contribution in [1.29, 1.82) is 0 Å². The molecule has 1 atom stereocenters. The van der Waals surface area contributed by atoms with Crippen molar-refractivity contribution in [3.8, 4) is 0 Å². The van der Waals surface area contributed by atoms with Crippen LogP contribution in [-0.4, -0.2) is 42.6 Å². The van der Waals surface area contributed by atoms with Gasteiger partial charge in [0.1, 0.15) is 5.02 Å². The lowest BCUT2D eigenvalue weighted by molar-refractivity contribution is 0.182. The molecule has 7 heteroatoms. The molecule has 6 nitrogen and oxygen atoms in total. The zero-order valence-corrected chi connectivity index (χ0v) is 11.7. The molecule has 0 aromatic carbocycles. The molecule has 0 spiro atoms. The van der Waals surface area contributed by atoms with Crippen molar-refractivity contribution < 1.29 is 4.74 Å². The lowest BCUT2D eigenvalue weighted by Crippen LogP contribution is -2.39. The number of halogens is 1. The van der Waals surface area contributed by atoms with Gasteiger partial charge in [-0.15, -0.1) is 0 Å². The highest BCUT2D eigenvalue weighted by atomic mass is 35.5. The van der Waals surface area contributed by atoms with Crippen LogP contribution in [0.25, 0.3) is 0 Å². The van der Waals surface area contributed by atoms with Gasteiger partial charge in [0.25, 0.3) is 5.56 Å². The van der Waals surface area contributed by atoms with Gasteiger partial charge in [-0.1, -0.05) is 11.6 Å². The van der Waals surface area contributed by atoms with Gasteiger partial charge in [-0.3, -0.25) is 4.79 Å². The number of hydrogen-bond acceptors (Lipinski definition) is 5. The average molecular weight is 287 g/mol. The molecule has 2 N–H and O–H groups in total. The molecule has 0 bridgehead atoms. The van der Waals surface area contributed by atoms with E-state index in [1.165, 1.54) is 4.68 Å². The SMILES string of the molecule is COCCn1ncc(NC2CCCNC2)c(Cl)c1=O. The van der Waals surface area contributed by atoms with Crippen molar-refractivity contribution >= 4 is 17.3 Å². The maximum Gasteiger partial charge on any atom is 0.287 e. The monoisotopic (exact) mass is 286 g/mol. The molecule has 106 valence electrons. The summed E-state index contributed by atoms with van der Waals surface area (Å²) in [4.78, 5) is 12.0. The van der Waals surface area contributed by atoms with Gasteiger partial charge in [-0.2, -0.15) is 5.10 Å². The molecule has 1 aromatic heterocycles. The van der Waals surface area contributed by atoms with Crippen molar-refractivity contribution in [1.82, 2.24) is 15.1 Å². The first kappa shape index (κ1) is 14.3. The van der Waals surface area contributed by atoms with E-state index in [0.717, 1.165) is 25.9 Å². The third-order valence-corrected chi connectivity index (χ3v) is 3.51. The Morgan fingerprint density at radius 2 is 2.53 bits per heavy atom. The van der Waals surface area contributed by atoms with Gasteiger partial charge < -0.3 is 15.4 Å². The van der Waals surface area contributed by atoms with Gasteiger partial charge in [0, 0.05) is 19.7 Å². The standard InChI is InChI=1S/C12H19ClN4O2/c1-19-6-5-17-12(18)11(13)10(8-15-17)16-9-3-2-4-14-7-9/h8-9,14,16H,2-7H2,1H3. The van der Waals surface area contributed by atoms with E-state index in [0.29, 0.717) is 24.9 Å². The Morgan fingerprint density at radius 3 is 3.21 bits per heavy atom. The zero-order chi connectivity index (χ0) is 13.7. The molecular formula is C12H19ClN4O2. The normalized spacial score (nSPS) is 19.4. The van der Waals surface area contributed by atoms with Crippen LogP contribution >= 0.6 is 11.6 Å². The van der Waals surface area contributed by atoms with Gasteiger partial charge in [0.2, 0.25) is 0 Å². The molecule has 19 heavy (non-hydrogen) atoms. The second kappa shape index (κ2) is 6.88. The molecule has 1 unspecified atom stereocenters. The summed E-state index contributed by atoms with van der Waals surface area (Å²) in [6, 6.07) is 0.294. The number of hydrogen-bond donors (Lipinski definition) is 2. The van der Waals surface area contributed by atoms with Gasteiger partial charge in [-0.05, 0) is 19.4 Å². The maximum atomic E-state index is 12.0. The minimum absolute atomic E-state index is 0.191. The second-order valence-electron chi connectivity index (χ2n) is 4.58. The average Bonchev–Trinajstić information content (AvgIpc) is 2.44. The number of aromatic nitrogens is 2. The Kier molecular flexibility index (Phi) is 5.18. The van der Waals surface area contributed by atoms with Crippen molar-refractivity contribution in [3.05, 3.63) is 21.6 Å². The number of nitrogens with one attached hydrogen (secondary N) is 2. The maximum absolute atomic E-state index is 12.0. The largest absolute Gasteiger partial charge is 0.383 e. The quantitative estimate of drug-likeness (QED) is 0.834. The predicted octanol–water partition coefficient (Wildman–Crippen LogP) is 0.707. The van der Waals surface area contributed by atoms with E-state index in [1.54, 1.807) is 13.3 Å². The lowest BCUT2D eigenvalue weighted by Gasteiger charge is -2.25. The molecule has 1 aromatic rings. The first-order chi connectivity index (χ1) is 9.22. The molecule has 1 aliphatic heterocycles. The summed E-state index contributed by atoms with van der Waals surface area (Å²) in [6.07, 6.45) is 3.79. The number of piperidine rings is 1. The fraction of sp³-hybridized carbons (Fsp3) is 0.667. The molecule has 0 aliphatic carbocycles. The van der Waals surface area contributed by atoms with Crippen LogP contribution in [0.4, 0.5) is 5.69 Å². The minimum Gasteiger partial charge on any atom is -0.383 e. The third-order valence-electron chi connectivity index (χ3n) is 3.15. The molecule has 0 saturated carbocycles. The number of methoxy groups -OCH3 is 1. The number of anilines is 1. The summed E-state index contributed by atoms with van der Waals surface area (Å²) >= 11 is 6.10. The molecule has 2 heterocycles. The Morgan fingerprint density at radius 1 is 1.68 bits per heavy atom. The smallest absolute Gasteiger partial charge is 0.287 e. The Balaban J connectivity index is 2.09. The van der Waals surface area contributed by atoms with E-state index in [9.17, 15) is 4.79 Å². The zero-order valence-electron chi connectivity index (χ0n) is 11.0. The highest BCUT2D eigenvalue weighted by Crippen LogP contribution is 2.18. The summed E-state index contributed by atoms with van der Waals surface area (Å²) < 4.78 is 6.24. The third kappa shape index (κ3) is 3.68. The minimum atomic E-state index is -0.285. The van der Waals surface area contributed by atoms with Crippen molar-refractivity contribution in [2.45, 2.75) is 25.4 Å². The van der Waals surface area contributed by atoms with Crippen LogP contribution in [0.2, 0.25) is 5.02 Å². The van der Waals surface area contributed by atoms with E-state index < -0.39 is 0 Å². The highest BCUT2D eigenvalue weighted by molar-refractivity contribution is 6.32. The summed E-state index contributed by atoms with van der Waals surface area (Å²) in [5, 5.41) is 10.9. The Hall–Kier alpha value is -1.11. The fourth-order valence-electron chi connectivity index (χ4n) is 2.10. The highest BCUT2D eigenvalue weighted by Gasteiger charge is 2.16. The fourth-order valence-corrected chi connectivity index (χ4v) is 2.30. The van der Waals surface area contributed by atoms with Gasteiger partial charge in [0.15, 0.2) is 0 Å². The first-order valence-electron chi connectivity index (χ1n) is 6.44. The van der Waals surface area contributed by atoms with Crippen LogP contribution in [0.3, 0.4) is 0 Å². The van der Waals surface area contributed by atoms with E-state index in [-0.39, 0.29) is 10.6 Å². The molecule has 0 amide bonds. The van der Waals surface area contributed by atoms with Crippen LogP contribution in [0, 0.1) is 0 Å². The van der Waals surface area contributed by atoms with E-state index in [1.807, 2.05) is 0 Å². The van der Waals surface area contributed by atoms with Gasteiger partial charge >= 0.3 is 0 Å². The van der Waals surface area contributed by atoms with Gasteiger partial charge in [0.05, 0.1) is 25.0 Å². The van der Waals surface area contributed by atoms with E-state index >= 15 is 0 Å². The number of ether oxygens (including phenoxy) is 1. The molecule has 2 rings (SSSR count). The number of nitrogens with zero attached hydrogens (tertiary/aromatic N) is 2. The Labute approximate surface area is 117 Å². The van der Waals surface area contributed by atoms with Crippen molar-refractivity contribution in [2.75, 3.05) is 32.1 Å². The topological polar surface area (TPSA) is 68.2 Å². The van der Waals surface area contributed by atoms with Crippen LogP contribution in [0.5, 0.6) is 0 Å². The van der Waals surface area contributed by atoms with Crippen LogP contribution in [0.1, 0.15) is 12.8 Å². The van der Waals surface area contributed by atoms with Crippen LogP contribution in [-0.2, 0) is 11.3 Å². The number of rotatable bonds is 5. The van der Waals surface area contributed by atoms with Crippen molar-refractivity contribution in [2.24, 2.45) is 0 Å². The van der Waals surface area contributed by atoms with Crippen LogP contribution < -0.4 is 16.2 Å². The summed E-state index contributed by atoms with van der Waals surface area (Å²) in [6.45, 7) is 2.76. The second-order valence-corrected chi connectivity index (χ2v) is 4.96. The van der Waals surface area contributed by atoms with Crippen molar-refractivity contribution in [3.63, 3.8) is 0 Å². The summed E-state index contributed by atoms with van der Waals surface area (Å²) in [5.41, 5.74) is 0.321. The lowest BCUT2D eigenvalue weighted by atomic mass is 10.1. The molecule has 1 aliphatic rings. The molecular weight excluding hydrogens is 268 g/mol.